The van der Waals surface area contributed by atoms with Gasteiger partial charge in [-0.1, -0.05) is 52.8 Å². The number of aliphatic hydroxyl groups is 1. The molecule has 21 heteroatoms. The van der Waals surface area contributed by atoms with Crippen LogP contribution in [-0.4, -0.2) is 87.0 Å². The second kappa shape index (κ2) is 26.2. The molecule has 3 fully saturated rings. The van der Waals surface area contributed by atoms with Gasteiger partial charge in [-0.05, 0) is 121 Å². The summed E-state index contributed by atoms with van der Waals surface area (Å²) in [7, 11) is 0. The predicted octanol–water partition coefficient (Wildman–Crippen LogP) is 11.9. The average Bonchev–Trinajstić information content (AvgIpc) is 3.88. The molecule has 2 saturated heterocycles. The Balaban J connectivity index is 0.000000217. The third-order valence-corrected chi connectivity index (χ3v) is 11.1. The Morgan fingerprint density at radius 2 is 1.19 bits per heavy atom. The highest BCUT2D eigenvalue weighted by atomic mass is 35.5. The molecule has 4 aromatic carbocycles. The van der Waals surface area contributed by atoms with Crippen molar-refractivity contribution in [3.8, 4) is 11.5 Å². The van der Waals surface area contributed by atoms with Crippen LogP contribution < -0.4 is 15.4 Å². The van der Waals surface area contributed by atoms with Gasteiger partial charge in [-0.15, -0.1) is 0 Å². The first-order chi connectivity index (χ1) is 31.7. The van der Waals surface area contributed by atoms with Crippen molar-refractivity contribution in [1.29, 1.82) is 0 Å². The van der Waals surface area contributed by atoms with Crippen molar-refractivity contribution in [3.63, 3.8) is 0 Å². The van der Waals surface area contributed by atoms with Crippen LogP contribution >= 0.6 is 46.4 Å². The lowest BCUT2D eigenvalue weighted by atomic mass is 9.97. The first kappa shape index (κ1) is 54.2. The first-order valence-corrected chi connectivity index (χ1v) is 22.9. The largest absolute Gasteiger partial charge is 0.507 e. The number of hydrogen-bond acceptors (Lipinski definition) is 12. The van der Waals surface area contributed by atoms with Crippen molar-refractivity contribution in [2.24, 2.45) is 0 Å². The van der Waals surface area contributed by atoms with E-state index in [2.05, 4.69) is 10.6 Å². The number of aromatic hydroxyl groups is 1. The summed E-state index contributed by atoms with van der Waals surface area (Å²) in [6.45, 7) is 8.74. The molecule has 3 aliphatic rings. The van der Waals surface area contributed by atoms with Gasteiger partial charge in [0.1, 0.15) is 17.1 Å². The van der Waals surface area contributed by atoms with Gasteiger partial charge in [-0.2, -0.15) is 0 Å². The van der Waals surface area contributed by atoms with Crippen LogP contribution in [0, 0.1) is 20.2 Å². The average molecular weight is 1010 g/mol. The molecule has 1 aliphatic carbocycles. The molecule has 67 heavy (non-hydrogen) atoms. The normalized spacial score (nSPS) is 15.0. The number of nitrogens with one attached hydrogen (secondary N) is 2. The number of non-ortho nitro benzene ring substituents is 2. The summed E-state index contributed by atoms with van der Waals surface area (Å²) < 4.78 is 16.2. The van der Waals surface area contributed by atoms with Crippen molar-refractivity contribution in [3.05, 3.63) is 124 Å². The van der Waals surface area contributed by atoms with Gasteiger partial charge in [0.05, 0.1) is 54.6 Å². The molecule has 2 heterocycles. The molecule has 3 amide bonds. The quantitative estimate of drug-likeness (QED) is 0.0953. The number of nitro groups is 2. The molecule has 362 valence electrons. The number of piperidine rings is 1. The molecule has 0 aromatic heterocycles. The van der Waals surface area contributed by atoms with E-state index in [1.54, 1.807) is 17.0 Å². The summed E-state index contributed by atoms with van der Waals surface area (Å²) in [6, 6.07) is 16.4. The van der Waals surface area contributed by atoms with E-state index in [0.29, 0.717) is 42.3 Å². The van der Waals surface area contributed by atoms with Gasteiger partial charge in [-0.25, -0.2) is 4.79 Å². The number of phenols is 1. The van der Waals surface area contributed by atoms with Gasteiger partial charge in [-0.3, -0.25) is 29.8 Å². The van der Waals surface area contributed by atoms with Crippen LogP contribution in [0.5, 0.6) is 11.5 Å². The third-order valence-electron chi connectivity index (χ3n) is 10.0. The number of anilines is 2. The number of hydrogen-bond donors (Lipinski definition) is 4. The molecular weight excluding hydrogens is 956 g/mol. The van der Waals surface area contributed by atoms with Crippen LogP contribution in [0.25, 0.3) is 0 Å². The molecule has 0 atom stereocenters. The van der Waals surface area contributed by atoms with E-state index in [1.807, 2.05) is 20.8 Å². The monoisotopic (exact) mass is 1010 g/mol. The summed E-state index contributed by atoms with van der Waals surface area (Å²) in [6.07, 6.45) is 8.74. The topological polar surface area (TPSA) is 233 Å². The molecule has 17 nitrogen and oxygen atoms in total. The Labute approximate surface area is 407 Å². The fourth-order valence-electron chi connectivity index (χ4n) is 6.54. The van der Waals surface area contributed by atoms with Gasteiger partial charge in [0.2, 0.25) is 0 Å². The van der Waals surface area contributed by atoms with Gasteiger partial charge in [0.25, 0.3) is 23.2 Å². The molecule has 0 spiro atoms. The van der Waals surface area contributed by atoms with Gasteiger partial charge >= 0.3 is 6.09 Å². The Morgan fingerprint density at radius 1 is 0.701 bits per heavy atom. The van der Waals surface area contributed by atoms with Crippen LogP contribution in [-0.2, 0) is 9.47 Å². The molecule has 0 unspecified atom stereocenters. The third kappa shape index (κ3) is 18.3. The smallest absolute Gasteiger partial charge is 0.410 e. The summed E-state index contributed by atoms with van der Waals surface area (Å²) in [5, 5.41) is 46.2. The van der Waals surface area contributed by atoms with E-state index >= 15 is 0 Å². The molecule has 2 aliphatic heterocycles. The second-order valence-corrected chi connectivity index (χ2v) is 18.1. The van der Waals surface area contributed by atoms with Crippen molar-refractivity contribution in [1.82, 2.24) is 4.90 Å². The Kier molecular flexibility index (Phi) is 21.2. The number of carbonyl (C=O) groups excluding carboxylic acids is 3. The number of nitro benzene ring substituents is 2. The van der Waals surface area contributed by atoms with Crippen LogP contribution in [0.4, 0.5) is 27.5 Å². The van der Waals surface area contributed by atoms with Crippen LogP contribution in [0.2, 0.25) is 20.1 Å². The van der Waals surface area contributed by atoms with Crippen molar-refractivity contribution in [2.45, 2.75) is 96.4 Å². The van der Waals surface area contributed by atoms with Crippen molar-refractivity contribution < 1.29 is 48.7 Å². The van der Waals surface area contributed by atoms with E-state index in [4.69, 9.17) is 60.6 Å². The molecule has 0 radical (unpaired) electrons. The number of benzene rings is 4. The van der Waals surface area contributed by atoms with E-state index in [0.717, 1.165) is 45.0 Å². The zero-order valence-electron chi connectivity index (χ0n) is 37.1. The van der Waals surface area contributed by atoms with E-state index in [-0.39, 0.29) is 67.4 Å². The highest BCUT2D eigenvalue weighted by Gasteiger charge is 2.26. The minimum Gasteiger partial charge on any atom is -0.507 e. The van der Waals surface area contributed by atoms with Crippen LogP contribution in [0.3, 0.4) is 0 Å². The number of likely N-dealkylation sites (tertiary alicyclic amines) is 1. The summed E-state index contributed by atoms with van der Waals surface area (Å²) in [5.41, 5.74) is -0.0553. The number of halogens is 4. The zero-order valence-corrected chi connectivity index (χ0v) is 40.1. The molecule has 0 bridgehead atoms. The fourth-order valence-corrected chi connectivity index (χ4v) is 7.33. The highest BCUT2D eigenvalue weighted by molar-refractivity contribution is 6.35. The second-order valence-electron chi connectivity index (χ2n) is 16.4. The van der Waals surface area contributed by atoms with Crippen LogP contribution in [0.15, 0.2) is 72.8 Å². The lowest BCUT2D eigenvalue weighted by molar-refractivity contribution is -0.385. The maximum Gasteiger partial charge on any atom is 0.410 e. The fraction of sp³-hybridized carbons (Fsp3) is 0.413. The molecule has 1 saturated carbocycles. The summed E-state index contributed by atoms with van der Waals surface area (Å²) in [4.78, 5) is 58.2. The minimum absolute atomic E-state index is 0.0130. The van der Waals surface area contributed by atoms with Crippen LogP contribution in [0.1, 0.15) is 99.3 Å². The number of rotatable bonds is 8. The number of ether oxygens (including phenoxy) is 3. The Bertz CT molecular complexity index is 2340. The van der Waals surface area contributed by atoms with Gasteiger partial charge < -0.3 is 40.0 Å². The molecule has 7 rings (SSSR count). The summed E-state index contributed by atoms with van der Waals surface area (Å²) in [5.74, 6) is -0.860. The first-order valence-electron chi connectivity index (χ1n) is 21.4. The minimum atomic E-state index is -0.634. The van der Waals surface area contributed by atoms with E-state index < -0.39 is 27.3 Å². The predicted molar refractivity (Wildman–Crippen MR) is 257 cm³/mol. The van der Waals surface area contributed by atoms with Gasteiger partial charge in [0.15, 0.2) is 0 Å². The Morgan fingerprint density at radius 3 is 1.66 bits per heavy atom. The lowest BCUT2D eigenvalue weighted by Crippen LogP contribution is -2.42. The zero-order chi connectivity index (χ0) is 49.3. The molecule has 4 N–H and O–H groups in total. The van der Waals surface area contributed by atoms with Crippen molar-refractivity contribution in [2.75, 3.05) is 36.9 Å². The Hall–Kier alpha value is -5.43. The standard InChI is InChI=1S/C19H18Cl2N2O4.C13H8Cl2N2O4.C10H19NO3.C4H8O/c20-12-6-9-18(27-14-4-2-1-3-5-14)15(10-12)19(24)22-17-8-7-13(23(25)26)11-16(17)21;14-7-1-4-12(18)9(5-7)13(19)16-11-3-2-8(17(20)21)6-10(11)15;1-10(2,3)14-9(13)11-6-4-8(12)5-7-11;1-2-4-5-3-1/h6-11,14H,1-5H2,(H,22,24);1-6,18H,(H,16,19);8,12H,4-7H2,1-3H3;1-4H2. The van der Waals surface area contributed by atoms with Gasteiger partial charge in [0, 0.05) is 60.6 Å². The highest BCUT2D eigenvalue weighted by Crippen LogP contribution is 2.32. The van der Waals surface area contributed by atoms with E-state index in [1.165, 1.54) is 73.9 Å². The number of amides is 3. The van der Waals surface area contributed by atoms with E-state index in [9.17, 15) is 44.8 Å². The number of carbonyl (C=O) groups is 3. The maximum absolute atomic E-state index is 12.8. The SMILES string of the molecule is C1CCOC1.CC(C)(C)OC(=O)N1CCC(O)CC1.O=C(Nc1ccc([N+](=O)[O-])cc1Cl)c1cc(Cl)ccc1O.O=C(Nc1ccc([N+](=O)[O-])cc1Cl)c1cc(Cl)ccc1OC1CCCCC1. The lowest BCUT2D eigenvalue weighted by Gasteiger charge is -2.31. The number of aliphatic hydroxyl groups excluding tert-OH is 1. The maximum atomic E-state index is 12.8. The number of phenolic OH excluding ortho intramolecular Hbond substituents is 1. The summed E-state index contributed by atoms with van der Waals surface area (Å²) >= 11 is 23.7. The molecular formula is C46H53Cl4N5O12. The molecule has 4 aromatic rings. The number of nitrogens with zero attached hydrogens (tertiary/aromatic N) is 3. The van der Waals surface area contributed by atoms with Crippen molar-refractivity contribution >= 4 is 87.1 Å².